The number of para-hydroxylation sites is 1. The van der Waals surface area contributed by atoms with Crippen LogP contribution < -0.4 is 11.4 Å². The topological polar surface area (TPSA) is 93.8 Å². The van der Waals surface area contributed by atoms with Crippen LogP contribution in [0, 0.1) is 0 Å². The van der Waals surface area contributed by atoms with Crippen molar-refractivity contribution in [2.45, 2.75) is 5.16 Å². The smallest absolute Gasteiger partial charge is 0.296 e. The Kier molecular flexibility index (Phi) is 3.77. The highest BCUT2D eigenvalue weighted by atomic mass is 32.2. The van der Waals surface area contributed by atoms with Gasteiger partial charge in [-0.05, 0) is 6.07 Å². The van der Waals surface area contributed by atoms with Crippen molar-refractivity contribution < 1.29 is 4.79 Å². The summed E-state index contributed by atoms with van der Waals surface area (Å²) in [5.41, 5.74) is 2.01. The normalized spacial score (nSPS) is 11.2. The number of ketones is 1. The first-order chi connectivity index (χ1) is 12.1. The summed E-state index contributed by atoms with van der Waals surface area (Å²) in [4.78, 5) is 32.3. The number of carbonyl (C=O) groups excluding carboxylic acids is 1. The van der Waals surface area contributed by atoms with Crippen LogP contribution in [0.4, 0.5) is 0 Å². The van der Waals surface area contributed by atoms with Gasteiger partial charge in [-0.1, -0.05) is 60.3 Å². The van der Waals surface area contributed by atoms with Crippen molar-refractivity contribution >= 4 is 39.5 Å². The quantitative estimate of drug-likeness (QED) is 0.255. The second-order valence-electron chi connectivity index (χ2n) is 5.54. The highest BCUT2D eigenvalue weighted by molar-refractivity contribution is 7.99. The first kappa shape index (κ1) is 15.5. The van der Waals surface area contributed by atoms with Crippen LogP contribution in [-0.2, 0) is 0 Å². The molecule has 4 rings (SSSR count). The minimum Gasteiger partial charge on any atom is -0.349 e. The Hall–Kier alpha value is -3.06. The predicted molar refractivity (Wildman–Crippen MR) is 99.5 cm³/mol. The van der Waals surface area contributed by atoms with Gasteiger partial charge < -0.3 is 10.8 Å². The van der Waals surface area contributed by atoms with Gasteiger partial charge in [-0.25, -0.2) is 9.66 Å². The van der Waals surface area contributed by atoms with Gasteiger partial charge in [0, 0.05) is 16.5 Å². The van der Waals surface area contributed by atoms with E-state index >= 15 is 0 Å². The number of carbonyl (C=O) groups is 1. The fraction of sp³-hybridized carbons (Fsp3) is 0.0556. The highest BCUT2D eigenvalue weighted by Gasteiger charge is 2.15. The molecule has 7 heteroatoms. The van der Waals surface area contributed by atoms with Gasteiger partial charge in [0.15, 0.2) is 10.9 Å². The van der Waals surface area contributed by atoms with Gasteiger partial charge in [0.25, 0.3) is 5.56 Å². The largest absolute Gasteiger partial charge is 0.349 e. The molecule has 2 aromatic carbocycles. The third-order valence-electron chi connectivity index (χ3n) is 3.95. The molecule has 0 radical (unpaired) electrons. The molecule has 0 aliphatic carbocycles. The van der Waals surface area contributed by atoms with E-state index in [1.165, 1.54) is 0 Å². The molecule has 0 aliphatic heterocycles. The van der Waals surface area contributed by atoms with Gasteiger partial charge in [0.2, 0.25) is 0 Å². The van der Waals surface area contributed by atoms with Gasteiger partial charge in [0.1, 0.15) is 11.0 Å². The van der Waals surface area contributed by atoms with Crippen LogP contribution >= 0.6 is 11.8 Å². The highest BCUT2D eigenvalue weighted by Crippen LogP contribution is 2.24. The summed E-state index contributed by atoms with van der Waals surface area (Å²) < 4.78 is 0.987. The molecule has 0 unspecified atom stereocenters. The van der Waals surface area contributed by atoms with Crippen molar-refractivity contribution in [3.63, 3.8) is 0 Å². The molecule has 0 atom stereocenters. The number of thioether (sulfide) groups is 1. The van der Waals surface area contributed by atoms with Crippen LogP contribution in [0.15, 0.2) is 64.5 Å². The zero-order valence-corrected chi connectivity index (χ0v) is 13.9. The van der Waals surface area contributed by atoms with Crippen molar-refractivity contribution in [3.8, 4) is 0 Å². The van der Waals surface area contributed by atoms with Crippen LogP contribution in [-0.4, -0.2) is 26.2 Å². The summed E-state index contributed by atoms with van der Waals surface area (Å²) in [7, 11) is 0. The van der Waals surface area contributed by atoms with E-state index in [-0.39, 0.29) is 17.1 Å². The van der Waals surface area contributed by atoms with E-state index in [2.05, 4.69) is 9.97 Å². The van der Waals surface area contributed by atoms with E-state index in [4.69, 9.17) is 5.84 Å². The number of hydrogen-bond acceptors (Lipinski definition) is 5. The van der Waals surface area contributed by atoms with Crippen molar-refractivity contribution in [1.29, 1.82) is 0 Å². The second-order valence-corrected chi connectivity index (χ2v) is 6.48. The van der Waals surface area contributed by atoms with Crippen LogP contribution in [0.1, 0.15) is 10.4 Å². The molecule has 2 aromatic heterocycles. The van der Waals surface area contributed by atoms with E-state index < -0.39 is 0 Å². The number of aromatic amines is 1. The van der Waals surface area contributed by atoms with E-state index in [0.717, 1.165) is 27.3 Å². The van der Waals surface area contributed by atoms with Gasteiger partial charge in [-0.2, -0.15) is 0 Å². The number of nitrogens with zero attached hydrogens (tertiary/aromatic N) is 2. The average molecular weight is 350 g/mol. The van der Waals surface area contributed by atoms with E-state index in [0.29, 0.717) is 21.8 Å². The first-order valence-electron chi connectivity index (χ1n) is 7.65. The Bertz CT molecular complexity index is 1150. The number of Topliss-reactive ketones (excluding diaryl/α,β-unsaturated/α-hetero) is 1. The number of aromatic nitrogens is 3. The molecule has 0 aliphatic rings. The number of nitrogens with one attached hydrogen (secondary N) is 1. The fourth-order valence-electron chi connectivity index (χ4n) is 2.69. The standard InChI is InChI=1S/C18H14N4O2S/c19-22-17(24)16-15(12-8-4-5-9-13(12)20-16)21-18(22)25-10-14(23)11-6-2-1-3-7-11/h1-9,20H,10,19H2. The third-order valence-corrected chi connectivity index (χ3v) is 4.91. The zero-order valence-electron chi connectivity index (χ0n) is 13.1. The number of rotatable bonds is 4. The molecule has 2 heterocycles. The molecule has 0 spiro atoms. The Morgan fingerprint density at radius 2 is 1.84 bits per heavy atom. The fourth-order valence-corrected chi connectivity index (χ4v) is 3.50. The maximum absolute atomic E-state index is 12.5. The monoisotopic (exact) mass is 350 g/mol. The zero-order chi connectivity index (χ0) is 17.4. The SMILES string of the molecule is Nn1c(SCC(=O)c2ccccc2)nc2c([nH]c3ccccc32)c1=O. The molecular formula is C18H14N4O2S. The lowest BCUT2D eigenvalue weighted by Gasteiger charge is -2.06. The minimum absolute atomic E-state index is 0.0427. The molecule has 0 amide bonds. The maximum atomic E-state index is 12.5. The summed E-state index contributed by atoms with van der Waals surface area (Å²) in [6, 6.07) is 16.5. The van der Waals surface area contributed by atoms with E-state index in [9.17, 15) is 9.59 Å². The molecule has 0 saturated heterocycles. The number of nitrogen functional groups attached to an aromatic ring is 1. The van der Waals surface area contributed by atoms with Crippen molar-refractivity contribution in [2.75, 3.05) is 11.6 Å². The number of fused-ring (bicyclic) bond motifs is 3. The van der Waals surface area contributed by atoms with Crippen molar-refractivity contribution in [1.82, 2.24) is 14.6 Å². The molecule has 4 aromatic rings. The van der Waals surface area contributed by atoms with Crippen LogP contribution in [0.25, 0.3) is 21.9 Å². The number of H-pyrrole nitrogens is 1. The molecule has 0 fully saturated rings. The average Bonchev–Trinajstić information content (AvgIpc) is 3.03. The van der Waals surface area contributed by atoms with Gasteiger partial charge >= 0.3 is 0 Å². The molecule has 124 valence electrons. The number of benzene rings is 2. The second kappa shape index (κ2) is 6.10. The summed E-state index contributed by atoms with van der Waals surface area (Å²) in [5.74, 6) is 6.00. The van der Waals surface area contributed by atoms with Crippen LogP contribution in [0.2, 0.25) is 0 Å². The summed E-state index contributed by atoms with van der Waals surface area (Å²) in [6.45, 7) is 0. The van der Waals surface area contributed by atoms with Crippen LogP contribution in [0.5, 0.6) is 0 Å². The number of hydrogen-bond donors (Lipinski definition) is 2. The predicted octanol–water partition coefficient (Wildman–Crippen LogP) is 2.57. The summed E-state index contributed by atoms with van der Waals surface area (Å²) in [5, 5.41) is 1.16. The Balaban J connectivity index is 1.72. The Morgan fingerprint density at radius 3 is 2.64 bits per heavy atom. The lowest BCUT2D eigenvalue weighted by molar-refractivity contribution is 0.102. The Morgan fingerprint density at radius 1 is 1.12 bits per heavy atom. The minimum atomic E-state index is -0.365. The molecule has 6 nitrogen and oxygen atoms in total. The molecule has 25 heavy (non-hydrogen) atoms. The number of nitrogens with two attached hydrogens (primary N) is 1. The summed E-state index contributed by atoms with van der Waals surface area (Å²) >= 11 is 1.15. The molecule has 0 saturated carbocycles. The molecular weight excluding hydrogens is 336 g/mol. The first-order valence-corrected chi connectivity index (χ1v) is 8.63. The van der Waals surface area contributed by atoms with Gasteiger partial charge in [-0.15, -0.1) is 0 Å². The van der Waals surface area contributed by atoms with Gasteiger partial charge in [0.05, 0.1) is 5.75 Å². The maximum Gasteiger partial charge on any atom is 0.296 e. The lowest BCUT2D eigenvalue weighted by atomic mass is 10.2. The van der Waals surface area contributed by atoms with Gasteiger partial charge in [-0.3, -0.25) is 9.59 Å². The Labute approximate surface area is 146 Å². The molecule has 0 bridgehead atoms. The van der Waals surface area contributed by atoms with E-state index in [1.54, 1.807) is 12.1 Å². The van der Waals surface area contributed by atoms with Crippen LogP contribution in [0.3, 0.4) is 0 Å². The van der Waals surface area contributed by atoms with E-state index in [1.807, 2.05) is 42.5 Å². The van der Waals surface area contributed by atoms with Crippen molar-refractivity contribution in [2.24, 2.45) is 0 Å². The van der Waals surface area contributed by atoms with Crippen molar-refractivity contribution in [3.05, 3.63) is 70.5 Å². The lowest BCUT2D eigenvalue weighted by Crippen LogP contribution is -2.30. The third kappa shape index (κ3) is 2.68. The molecule has 3 N–H and O–H groups in total. The summed E-state index contributed by atoms with van der Waals surface area (Å²) in [6.07, 6.45) is 0.